The molecule has 0 unspecified atom stereocenters. The Kier molecular flexibility index (Phi) is 5.64. The number of thiazole rings is 1. The third-order valence-electron chi connectivity index (χ3n) is 3.65. The molecule has 1 aromatic heterocycles. The number of nitrogens with one attached hydrogen (secondary N) is 2. The molecule has 0 atom stereocenters. The van der Waals surface area contributed by atoms with E-state index in [1.54, 1.807) is 7.11 Å². The van der Waals surface area contributed by atoms with Gasteiger partial charge in [-0.25, -0.2) is 9.78 Å². The molecular weight excluding hydrogens is 334 g/mol. The van der Waals surface area contributed by atoms with Crippen LogP contribution in [0, 0.1) is 0 Å². The highest BCUT2D eigenvalue weighted by molar-refractivity contribution is 7.09. The molecule has 5 nitrogen and oxygen atoms in total. The smallest absolute Gasteiger partial charge is 0.315 e. The number of urea groups is 1. The summed E-state index contributed by atoms with van der Waals surface area (Å²) in [4.78, 5) is 16.5. The van der Waals surface area contributed by atoms with E-state index in [0.29, 0.717) is 13.1 Å². The van der Waals surface area contributed by atoms with E-state index >= 15 is 0 Å². The van der Waals surface area contributed by atoms with Crippen LogP contribution in [0.4, 0.5) is 4.79 Å². The molecule has 1 heterocycles. The second-order valence-corrected chi connectivity index (χ2v) is 6.28. The van der Waals surface area contributed by atoms with Crippen molar-refractivity contribution in [2.45, 2.75) is 13.1 Å². The van der Waals surface area contributed by atoms with Gasteiger partial charge in [0.15, 0.2) is 0 Å². The van der Waals surface area contributed by atoms with Gasteiger partial charge in [-0.3, -0.25) is 0 Å². The molecule has 0 radical (unpaired) electrons. The lowest BCUT2D eigenvalue weighted by Gasteiger charge is -2.10. The topological polar surface area (TPSA) is 63.2 Å². The maximum atomic E-state index is 12.0. The van der Waals surface area contributed by atoms with Crippen molar-refractivity contribution in [3.63, 3.8) is 0 Å². The lowest BCUT2D eigenvalue weighted by molar-refractivity contribution is 0.240. The summed E-state index contributed by atoms with van der Waals surface area (Å²) in [5, 5.41) is 8.52. The molecule has 25 heavy (non-hydrogen) atoms. The van der Waals surface area contributed by atoms with E-state index < -0.39 is 0 Å². The van der Waals surface area contributed by atoms with Crippen molar-refractivity contribution in [2.24, 2.45) is 0 Å². The number of aromatic nitrogens is 1. The van der Waals surface area contributed by atoms with E-state index in [4.69, 9.17) is 4.74 Å². The lowest BCUT2D eigenvalue weighted by Crippen LogP contribution is -2.34. The van der Waals surface area contributed by atoms with Crippen molar-refractivity contribution in [1.82, 2.24) is 15.6 Å². The Labute approximate surface area is 150 Å². The van der Waals surface area contributed by atoms with Crippen molar-refractivity contribution >= 4 is 17.4 Å². The Morgan fingerprint density at radius 2 is 1.76 bits per heavy atom. The van der Waals surface area contributed by atoms with Crippen LogP contribution in [-0.2, 0) is 13.1 Å². The highest BCUT2D eigenvalue weighted by atomic mass is 32.1. The van der Waals surface area contributed by atoms with Crippen molar-refractivity contribution in [1.29, 1.82) is 0 Å². The molecule has 128 valence electrons. The first-order valence-corrected chi connectivity index (χ1v) is 8.77. The number of hydrogen-bond donors (Lipinski definition) is 2. The summed E-state index contributed by atoms with van der Waals surface area (Å²) in [5.74, 6) is 0.759. The van der Waals surface area contributed by atoms with E-state index in [1.807, 2.05) is 60.0 Å². The number of carbonyl (C=O) groups excluding carboxylic acids is 1. The van der Waals surface area contributed by atoms with Gasteiger partial charge in [0.25, 0.3) is 0 Å². The average Bonchev–Trinajstić information content (AvgIpc) is 3.14. The maximum Gasteiger partial charge on any atom is 0.315 e. The van der Waals surface area contributed by atoms with Crippen LogP contribution < -0.4 is 15.4 Å². The highest BCUT2D eigenvalue weighted by Gasteiger charge is 2.07. The standard InChI is InChI=1S/C19H19N3O2S/c1-24-17-10-6-5-9-15(17)11-20-19(23)21-12-18-22-16(13-25-18)14-7-3-2-4-8-14/h2-10,13H,11-12H2,1H3,(H2,20,21,23). The Balaban J connectivity index is 1.50. The quantitative estimate of drug-likeness (QED) is 0.708. The van der Waals surface area contributed by atoms with E-state index in [-0.39, 0.29) is 6.03 Å². The molecule has 0 fully saturated rings. The van der Waals surface area contributed by atoms with E-state index in [1.165, 1.54) is 11.3 Å². The summed E-state index contributed by atoms with van der Waals surface area (Å²) >= 11 is 1.53. The summed E-state index contributed by atoms with van der Waals surface area (Å²) in [6, 6.07) is 17.4. The third kappa shape index (κ3) is 4.58. The molecule has 0 spiro atoms. The van der Waals surface area contributed by atoms with Crippen LogP contribution in [0.25, 0.3) is 11.3 Å². The summed E-state index contributed by atoms with van der Waals surface area (Å²) in [6.07, 6.45) is 0. The number of methoxy groups -OCH3 is 1. The number of benzene rings is 2. The first-order chi connectivity index (χ1) is 12.3. The molecule has 6 heteroatoms. The SMILES string of the molecule is COc1ccccc1CNC(=O)NCc1nc(-c2ccccc2)cs1. The number of hydrogen-bond acceptors (Lipinski definition) is 4. The van der Waals surface area contributed by atoms with Gasteiger partial charge < -0.3 is 15.4 Å². The van der Waals surface area contributed by atoms with Gasteiger partial charge in [0, 0.05) is 23.1 Å². The van der Waals surface area contributed by atoms with Crippen LogP contribution in [0.3, 0.4) is 0 Å². The van der Waals surface area contributed by atoms with Gasteiger partial charge in [-0.05, 0) is 6.07 Å². The molecule has 2 aromatic carbocycles. The normalized spacial score (nSPS) is 10.3. The van der Waals surface area contributed by atoms with Gasteiger partial charge in [-0.2, -0.15) is 0 Å². The molecule has 0 aliphatic rings. The number of ether oxygens (including phenoxy) is 1. The first-order valence-electron chi connectivity index (χ1n) is 7.89. The fourth-order valence-electron chi connectivity index (χ4n) is 2.38. The van der Waals surface area contributed by atoms with Crippen LogP contribution in [0.2, 0.25) is 0 Å². The molecule has 2 N–H and O–H groups in total. The Morgan fingerprint density at radius 3 is 2.56 bits per heavy atom. The van der Waals surface area contributed by atoms with Gasteiger partial charge in [0.2, 0.25) is 0 Å². The molecule has 0 aliphatic carbocycles. The number of carbonyl (C=O) groups is 1. The minimum atomic E-state index is -0.234. The zero-order chi connectivity index (χ0) is 17.5. The average molecular weight is 353 g/mol. The Morgan fingerprint density at radius 1 is 1.04 bits per heavy atom. The van der Waals surface area contributed by atoms with Crippen LogP contribution >= 0.6 is 11.3 Å². The Bertz CT molecular complexity index is 833. The molecule has 2 amide bonds. The molecule has 0 aliphatic heterocycles. The summed E-state index contributed by atoms with van der Waals surface area (Å²) in [6.45, 7) is 0.804. The first kappa shape index (κ1) is 17.0. The minimum absolute atomic E-state index is 0.234. The predicted molar refractivity (Wildman–Crippen MR) is 99.6 cm³/mol. The van der Waals surface area contributed by atoms with Gasteiger partial charge in [-0.1, -0.05) is 48.5 Å². The molecular formula is C19H19N3O2S. The van der Waals surface area contributed by atoms with Crippen LogP contribution in [0.15, 0.2) is 60.0 Å². The van der Waals surface area contributed by atoms with E-state index in [2.05, 4.69) is 15.6 Å². The number of rotatable bonds is 6. The van der Waals surface area contributed by atoms with Crippen molar-refractivity contribution in [2.75, 3.05) is 7.11 Å². The van der Waals surface area contributed by atoms with E-state index in [9.17, 15) is 4.79 Å². The summed E-state index contributed by atoms with van der Waals surface area (Å²) in [5.41, 5.74) is 2.93. The van der Waals surface area contributed by atoms with Crippen LogP contribution in [0.1, 0.15) is 10.6 Å². The zero-order valence-electron chi connectivity index (χ0n) is 13.9. The van der Waals surface area contributed by atoms with Gasteiger partial charge in [0.05, 0.1) is 19.3 Å². The van der Waals surface area contributed by atoms with Crippen molar-refractivity contribution in [3.8, 4) is 17.0 Å². The number of para-hydroxylation sites is 1. The fourth-order valence-corrected chi connectivity index (χ4v) is 3.12. The molecule has 3 aromatic rings. The summed E-state index contributed by atoms with van der Waals surface area (Å²) < 4.78 is 5.27. The van der Waals surface area contributed by atoms with Crippen LogP contribution in [-0.4, -0.2) is 18.1 Å². The monoisotopic (exact) mass is 353 g/mol. The molecule has 0 saturated carbocycles. The van der Waals surface area contributed by atoms with Gasteiger partial charge >= 0.3 is 6.03 Å². The van der Waals surface area contributed by atoms with Crippen molar-refractivity contribution in [3.05, 3.63) is 70.5 Å². The summed E-state index contributed by atoms with van der Waals surface area (Å²) in [7, 11) is 1.62. The van der Waals surface area contributed by atoms with Gasteiger partial charge in [0.1, 0.15) is 10.8 Å². The molecule has 0 saturated heterocycles. The molecule has 0 bridgehead atoms. The number of amides is 2. The molecule has 3 rings (SSSR count). The number of nitrogens with zero attached hydrogens (tertiary/aromatic N) is 1. The van der Waals surface area contributed by atoms with Gasteiger partial charge in [-0.15, -0.1) is 11.3 Å². The largest absolute Gasteiger partial charge is 0.496 e. The highest BCUT2D eigenvalue weighted by Crippen LogP contribution is 2.21. The third-order valence-corrected chi connectivity index (χ3v) is 4.50. The van der Waals surface area contributed by atoms with Crippen molar-refractivity contribution < 1.29 is 9.53 Å². The van der Waals surface area contributed by atoms with E-state index in [0.717, 1.165) is 27.6 Å². The lowest BCUT2D eigenvalue weighted by atomic mass is 10.2. The fraction of sp³-hybridized carbons (Fsp3) is 0.158. The second-order valence-electron chi connectivity index (χ2n) is 5.34. The second kappa shape index (κ2) is 8.30. The van der Waals surface area contributed by atoms with Crippen LogP contribution in [0.5, 0.6) is 5.75 Å². The Hall–Kier alpha value is -2.86. The predicted octanol–water partition coefficient (Wildman–Crippen LogP) is 3.82. The zero-order valence-corrected chi connectivity index (χ0v) is 14.7. The maximum absolute atomic E-state index is 12.0. The minimum Gasteiger partial charge on any atom is -0.496 e.